The van der Waals surface area contributed by atoms with Crippen molar-refractivity contribution in [2.24, 2.45) is 5.92 Å². The van der Waals surface area contributed by atoms with Gasteiger partial charge in [-0.15, -0.1) is 0 Å². The fourth-order valence-corrected chi connectivity index (χ4v) is 7.85. The molecule has 40 heavy (non-hydrogen) atoms. The monoisotopic (exact) mass is 602 g/mol. The van der Waals surface area contributed by atoms with Crippen LogP contribution in [0.5, 0.6) is 0 Å². The first-order chi connectivity index (χ1) is 19.3. The minimum Gasteiger partial charge on any atom is -0.373 e. The Kier molecular flexibility index (Phi) is 6.57. The number of benzene rings is 1. The standard InChI is InChI=1S/C28H28Cl2N4O5S/c29-21-2-1-3-22(30)25(21)26-20(27(39-32-26)15-4-5-15)14-38-23-11-18-10-17(23)13-34(18)24-9-6-16(12-31-24)28(35)33-40(36,37)19-7-8-19/h1-3,6,9,12,15,17-19,23H,4-5,7-8,10-11,13-14H2,(H,33,35)/t17-,18-,23+/m0/s1. The van der Waals surface area contributed by atoms with Crippen LogP contribution in [0, 0.1) is 5.92 Å². The van der Waals surface area contributed by atoms with Gasteiger partial charge in [0.2, 0.25) is 10.0 Å². The van der Waals surface area contributed by atoms with Gasteiger partial charge in [0.1, 0.15) is 17.3 Å². The Balaban J connectivity index is 1.01. The molecule has 1 amide bonds. The highest BCUT2D eigenvalue weighted by Crippen LogP contribution is 2.47. The molecule has 3 atom stereocenters. The molecule has 210 valence electrons. The van der Waals surface area contributed by atoms with E-state index < -0.39 is 21.2 Å². The molecule has 9 nitrogen and oxygen atoms in total. The number of hydrogen-bond acceptors (Lipinski definition) is 8. The number of fused-ring (bicyclic) bond motifs is 2. The van der Waals surface area contributed by atoms with E-state index in [-0.39, 0.29) is 17.7 Å². The number of rotatable bonds is 9. The number of carbonyl (C=O) groups is 1. The highest BCUT2D eigenvalue weighted by atomic mass is 35.5. The predicted molar refractivity (Wildman–Crippen MR) is 150 cm³/mol. The fraction of sp³-hybridized carbons (Fsp3) is 0.464. The third-order valence-electron chi connectivity index (χ3n) is 8.39. The van der Waals surface area contributed by atoms with E-state index in [4.69, 9.17) is 32.5 Å². The van der Waals surface area contributed by atoms with Gasteiger partial charge in [0, 0.05) is 41.7 Å². The SMILES string of the molecule is O=C(NS(=O)(=O)C1CC1)c1ccc(N2C[C@@H]3C[C@H]2C[C@H]3OCc2c(-c3c(Cl)cccc3Cl)noc2C2CC2)nc1. The number of amides is 1. The largest absolute Gasteiger partial charge is 0.373 e. The summed E-state index contributed by atoms with van der Waals surface area (Å²) in [5.74, 6) is 1.71. The van der Waals surface area contributed by atoms with E-state index in [2.05, 4.69) is 19.8 Å². The molecule has 0 unspecified atom stereocenters. The molecule has 1 aromatic carbocycles. The van der Waals surface area contributed by atoms with Gasteiger partial charge in [0.05, 0.1) is 33.6 Å². The molecular weight excluding hydrogens is 575 g/mol. The normalized spacial score (nSPS) is 24.1. The fourth-order valence-electron chi connectivity index (χ4n) is 5.97. The van der Waals surface area contributed by atoms with Crippen molar-refractivity contribution in [2.75, 3.05) is 11.4 Å². The summed E-state index contributed by atoms with van der Waals surface area (Å²) in [5.41, 5.74) is 2.48. The Bertz CT molecular complexity index is 1550. The van der Waals surface area contributed by atoms with Crippen LogP contribution < -0.4 is 9.62 Å². The average molecular weight is 604 g/mol. The molecule has 4 aliphatic rings. The third-order valence-corrected chi connectivity index (χ3v) is 10.8. The van der Waals surface area contributed by atoms with Crippen LogP contribution in [0.25, 0.3) is 11.3 Å². The molecule has 2 aromatic heterocycles. The van der Waals surface area contributed by atoms with Crippen molar-refractivity contribution in [3.63, 3.8) is 0 Å². The zero-order valence-corrected chi connectivity index (χ0v) is 23.9. The van der Waals surface area contributed by atoms with E-state index >= 15 is 0 Å². The van der Waals surface area contributed by atoms with Crippen molar-refractivity contribution in [2.45, 2.75) is 68.4 Å². The molecule has 2 bridgehead atoms. The van der Waals surface area contributed by atoms with E-state index in [1.54, 1.807) is 24.3 Å². The maximum Gasteiger partial charge on any atom is 0.266 e. The Hall–Kier alpha value is -2.66. The molecule has 4 fully saturated rings. The number of halogens is 2. The average Bonchev–Trinajstić information content (AvgIpc) is 3.86. The number of sulfonamides is 1. The molecule has 3 saturated carbocycles. The summed E-state index contributed by atoms with van der Waals surface area (Å²) in [6.07, 6.45) is 6.74. The van der Waals surface area contributed by atoms with Crippen LogP contribution >= 0.6 is 23.2 Å². The van der Waals surface area contributed by atoms with Crippen molar-refractivity contribution in [1.82, 2.24) is 14.9 Å². The van der Waals surface area contributed by atoms with Crippen LogP contribution in [-0.4, -0.2) is 48.4 Å². The van der Waals surface area contributed by atoms with Crippen molar-refractivity contribution in [1.29, 1.82) is 0 Å². The lowest BCUT2D eigenvalue weighted by atomic mass is 10.0. The third kappa shape index (κ3) is 4.89. The number of hydrogen-bond donors (Lipinski definition) is 1. The maximum absolute atomic E-state index is 12.4. The van der Waals surface area contributed by atoms with Crippen LogP contribution in [0.15, 0.2) is 41.1 Å². The number of nitrogens with one attached hydrogen (secondary N) is 1. The topological polar surface area (TPSA) is 115 Å². The first-order valence-corrected chi connectivity index (χ1v) is 15.9. The number of carbonyl (C=O) groups excluding carboxylic acids is 1. The number of piperidine rings is 1. The minimum absolute atomic E-state index is 0.0930. The van der Waals surface area contributed by atoms with Gasteiger partial charge < -0.3 is 14.2 Å². The molecule has 0 spiro atoms. The van der Waals surface area contributed by atoms with Crippen molar-refractivity contribution in [3.05, 3.63) is 63.5 Å². The van der Waals surface area contributed by atoms with Crippen LogP contribution in [0.2, 0.25) is 10.0 Å². The van der Waals surface area contributed by atoms with Gasteiger partial charge in [-0.3, -0.25) is 4.79 Å². The van der Waals surface area contributed by atoms with Gasteiger partial charge in [0.25, 0.3) is 5.91 Å². The van der Waals surface area contributed by atoms with Gasteiger partial charge >= 0.3 is 0 Å². The number of nitrogens with zero attached hydrogens (tertiary/aromatic N) is 3. The second kappa shape index (κ2) is 10.0. The van der Waals surface area contributed by atoms with E-state index in [0.29, 0.717) is 52.6 Å². The molecule has 0 radical (unpaired) electrons. The Morgan fingerprint density at radius 2 is 1.88 bits per heavy atom. The summed E-state index contributed by atoms with van der Waals surface area (Å²) < 4.78 is 38.6. The zero-order chi connectivity index (χ0) is 27.6. The number of ether oxygens (including phenoxy) is 1. The van der Waals surface area contributed by atoms with Crippen LogP contribution in [0.1, 0.15) is 66.1 Å². The number of anilines is 1. The summed E-state index contributed by atoms with van der Waals surface area (Å²) in [4.78, 5) is 19.1. The first-order valence-electron chi connectivity index (χ1n) is 13.6. The first kappa shape index (κ1) is 26.3. The van der Waals surface area contributed by atoms with Gasteiger partial charge in [-0.1, -0.05) is 34.4 Å². The quantitative estimate of drug-likeness (QED) is 0.349. The molecule has 12 heteroatoms. The van der Waals surface area contributed by atoms with Crippen molar-refractivity contribution < 1.29 is 22.5 Å². The van der Waals surface area contributed by atoms with E-state index in [1.807, 2.05) is 6.07 Å². The maximum atomic E-state index is 12.4. The van der Waals surface area contributed by atoms with E-state index in [9.17, 15) is 13.2 Å². The van der Waals surface area contributed by atoms with Crippen LogP contribution in [0.4, 0.5) is 5.82 Å². The van der Waals surface area contributed by atoms with E-state index in [0.717, 1.165) is 49.4 Å². The zero-order valence-electron chi connectivity index (χ0n) is 21.6. The van der Waals surface area contributed by atoms with Gasteiger partial charge in [-0.2, -0.15) is 0 Å². The molecule has 1 aliphatic heterocycles. The number of aromatic nitrogens is 2. The lowest BCUT2D eigenvalue weighted by Gasteiger charge is -2.32. The summed E-state index contributed by atoms with van der Waals surface area (Å²) in [7, 11) is -3.60. The van der Waals surface area contributed by atoms with Gasteiger partial charge in [0.15, 0.2) is 0 Å². The molecule has 7 rings (SSSR count). The Morgan fingerprint density at radius 3 is 2.50 bits per heavy atom. The van der Waals surface area contributed by atoms with Crippen LogP contribution in [0.3, 0.4) is 0 Å². The summed E-state index contributed by atoms with van der Waals surface area (Å²) >= 11 is 13.0. The Labute approximate surface area is 242 Å². The van der Waals surface area contributed by atoms with Gasteiger partial charge in [-0.25, -0.2) is 18.1 Å². The summed E-state index contributed by atoms with van der Waals surface area (Å²) in [6, 6.07) is 9.10. The Morgan fingerprint density at radius 1 is 1.10 bits per heavy atom. The highest BCUT2D eigenvalue weighted by Gasteiger charge is 2.46. The molecule has 1 N–H and O–H groups in total. The highest BCUT2D eigenvalue weighted by molar-refractivity contribution is 7.91. The summed E-state index contributed by atoms with van der Waals surface area (Å²) in [5, 5.41) is 4.96. The second-order valence-corrected chi connectivity index (χ2v) is 14.0. The van der Waals surface area contributed by atoms with Crippen LogP contribution in [-0.2, 0) is 21.4 Å². The predicted octanol–water partition coefficient (Wildman–Crippen LogP) is 5.33. The lowest BCUT2D eigenvalue weighted by molar-refractivity contribution is 0.0122. The lowest BCUT2D eigenvalue weighted by Crippen LogP contribution is -2.39. The van der Waals surface area contributed by atoms with E-state index in [1.165, 1.54) is 6.20 Å². The summed E-state index contributed by atoms with van der Waals surface area (Å²) in [6.45, 7) is 1.18. The smallest absolute Gasteiger partial charge is 0.266 e. The van der Waals surface area contributed by atoms with Crippen molar-refractivity contribution >= 4 is 45.0 Å². The molecule has 3 heterocycles. The molecular formula is C28H28Cl2N4O5S. The number of pyridine rings is 1. The minimum atomic E-state index is -3.60. The van der Waals surface area contributed by atoms with Gasteiger partial charge in [-0.05, 0) is 62.8 Å². The molecule has 3 aromatic rings. The second-order valence-electron chi connectivity index (χ2n) is 11.2. The molecule has 1 saturated heterocycles. The van der Waals surface area contributed by atoms with Crippen molar-refractivity contribution in [3.8, 4) is 11.3 Å². The molecule has 3 aliphatic carbocycles.